The van der Waals surface area contributed by atoms with E-state index in [2.05, 4.69) is 15.9 Å². The second-order valence-corrected chi connectivity index (χ2v) is 3.11. The number of aromatic nitrogens is 1. The molecule has 4 nitrogen and oxygen atoms in total. The summed E-state index contributed by atoms with van der Waals surface area (Å²) in [7, 11) is 1.50. The van der Waals surface area contributed by atoms with E-state index in [4.69, 9.17) is 5.11 Å². The number of aromatic carboxylic acids is 1. The number of carbonyl (C=O) groups is 1. The minimum absolute atomic E-state index is 0.236. The molecule has 0 aliphatic rings. The number of halogens is 1. The summed E-state index contributed by atoms with van der Waals surface area (Å²) in [6, 6.07) is 1.52. The van der Waals surface area contributed by atoms with E-state index in [1.54, 1.807) is 0 Å². The lowest BCUT2D eigenvalue weighted by atomic mass is 10.3. The Kier molecular flexibility index (Phi) is 2.32. The van der Waals surface area contributed by atoms with Crippen molar-refractivity contribution in [3.8, 4) is 0 Å². The number of carboxylic acid groups (broad SMARTS) is 1. The highest BCUT2D eigenvalue weighted by Gasteiger charge is 2.13. The number of hydrogen-bond donors (Lipinski definition) is 1. The molecular weight excluding hydrogens is 226 g/mol. The summed E-state index contributed by atoms with van der Waals surface area (Å²) in [5, 5.41) is 8.63. The first kappa shape index (κ1) is 8.99. The van der Waals surface area contributed by atoms with Gasteiger partial charge in [0, 0.05) is 17.7 Å². The van der Waals surface area contributed by atoms with Gasteiger partial charge in [-0.2, -0.15) is 0 Å². The lowest BCUT2D eigenvalue weighted by molar-refractivity contribution is 0.0693. The minimum atomic E-state index is -1.22. The van der Waals surface area contributed by atoms with Crippen LogP contribution in [-0.4, -0.2) is 15.6 Å². The van der Waals surface area contributed by atoms with Gasteiger partial charge in [0.2, 0.25) is 0 Å². The van der Waals surface area contributed by atoms with Crippen molar-refractivity contribution in [3.05, 3.63) is 32.7 Å². The maximum atomic E-state index is 11.2. The van der Waals surface area contributed by atoms with Crippen LogP contribution in [0.5, 0.6) is 0 Å². The van der Waals surface area contributed by atoms with Crippen molar-refractivity contribution in [2.75, 3.05) is 0 Å². The Morgan fingerprint density at radius 3 is 2.67 bits per heavy atom. The first-order chi connectivity index (χ1) is 5.54. The van der Waals surface area contributed by atoms with Gasteiger partial charge >= 0.3 is 5.97 Å². The van der Waals surface area contributed by atoms with E-state index in [-0.39, 0.29) is 5.56 Å². The van der Waals surface area contributed by atoms with Gasteiger partial charge in [-0.3, -0.25) is 4.79 Å². The molecule has 0 atom stereocenters. The monoisotopic (exact) mass is 231 g/mol. The molecule has 1 heterocycles. The number of aryl methyl sites for hydroxylation is 1. The van der Waals surface area contributed by atoms with Crippen LogP contribution in [0.3, 0.4) is 0 Å². The molecule has 0 aliphatic heterocycles. The van der Waals surface area contributed by atoms with Gasteiger partial charge in [-0.25, -0.2) is 4.79 Å². The molecule has 0 saturated carbocycles. The molecule has 0 amide bonds. The van der Waals surface area contributed by atoms with Crippen molar-refractivity contribution in [3.63, 3.8) is 0 Å². The molecule has 64 valence electrons. The van der Waals surface area contributed by atoms with Crippen molar-refractivity contribution in [1.82, 2.24) is 4.57 Å². The molecule has 1 rings (SSSR count). The zero-order chi connectivity index (χ0) is 9.30. The maximum absolute atomic E-state index is 11.2. The molecule has 0 unspecified atom stereocenters. The first-order valence-electron chi connectivity index (χ1n) is 3.12. The SMILES string of the molecule is Cn1ccc(Br)c(C(=O)O)c1=O. The van der Waals surface area contributed by atoms with E-state index < -0.39 is 11.5 Å². The van der Waals surface area contributed by atoms with Crippen LogP contribution in [0.25, 0.3) is 0 Å². The average Bonchev–Trinajstić information content (AvgIpc) is 1.97. The number of nitrogens with zero attached hydrogens (tertiary/aromatic N) is 1. The fourth-order valence-corrected chi connectivity index (χ4v) is 1.26. The van der Waals surface area contributed by atoms with Crippen molar-refractivity contribution < 1.29 is 9.90 Å². The molecule has 12 heavy (non-hydrogen) atoms. The summed E-state index contributed by atoms with van der Waals surface area (Å²) in [6.07, 6.45) is 1.50. The number of pyridine rings is 1. The quantitative estimate of drug-likeness (QED) is 0.780. The smallest absolute Gasteiger partial charge is 0.342 e. The van der Waals surface area contributed by atoms with Crippen LogP contribution in [0.15, 0.2) is 21.5 Å². The fourth-order valence-electron chi connectivity index (χ4n) is 0.800. The lowest BCUT2D eigenvalue weighted by Crippen LogP contribution is -2.24. The molecule has 0 aliphatic carbocycles. The van der Waals surface area contributed by atoms with Crippen LogP contribution in [0.2, 0.25) is 0 Å². The van der Waals surface area contributed by atoms with Crippen LogP contribution >= 0.6 is 15.9 Å². The van der Waals surface area contributed by atoms with E-state index >= 15 is 0 Å². The zero-order valence-corrected chi connectivity index (χ0v) is 7.83. The normalized spacial score (nSPS) is 9.83. The van der Waals surface area contributed by atoms with E-state index in [9.17, 15) is 9.59 Å². The van der Waals surface area contributed by atoms with Crippen LogP contribution in [0, 0.1) is 0 Å². The fraction of sp³-hybridized carbons (Fsp3) is 0.143. The third kappa shape index (κ3) is 1.40. The number of rotatable bonds is 1. The molecule has 1 aromatic heterocycles. The Bertz CT molecular complexity index is 383. The van der Waals surface area contributed by atoms with Crippen molar-refractivity contribution in [1.29, 1.82) is 0 Å². The van der Waals surface area contributed by atoms with Crippen molar-refractivity contribution in [2.24, 2.45) is 7.05 Å². The average molecular weight is 232 g/mol. The minimum Gasteiger partial charge on any atom is -0.477 e. The summed E-state index contributed by atoms with van der Waals surface area (Å²) in [4.78, 5) is 21.7. The zero-order valence-electron chi connectivity index (χ0n) is 6.24. The standard InChI is InChI=1S/C7H6BrNO3/c1-9-3-2-4(8)5(6(9)10)7(11)12/h2-3H,1H3,(H,11,12). The Hall–Kier alpha value is -1.10. The summed E-state index contributed by atoms with van der Waals surface area (Å²) in [5.74, 6) is -1.22. The highest BCUT2D eigenvalue weighted by Crippen LogP contribution is 2.11. The van der Waals surface area contributed by atoms with Gasteiger partial charge in [0.1, 0.15) is 5.56 Å². The topological polar surface area (TPSA) is 59.3 Å². The van der Waals surface area contributed by atoms with Crippen molar-refractivity contribution >= 4 is 21.9 Å². The summed E-state index contributed by atoms with van der Waals surface area (Å²) in [6.45, 7) is 0. The van der Waals surface area contributed by atoms with Crippen LogP contribution in [0.4, 0.5) is 0 Å². The highest BCUT2D eigenvalue weighted by atomic mass is 79.9. The molecule has 0 aromatic carbocycles. The highest BCUT2D eigenvalue weighted by molar-refractivity contribution is 9.10. The molecule has 0 bridgehead atoms. The molecule has 0 saturated heterocycles. The Morgan fingerprint density at radius 1 is 1.67 bits per heavy atom. The number of carboxylic acids is 1. The summed E-state index contributed by atoms with van der Waals surface area (Å²) < 4.78 is 1.52. The van der Waals surface area contributed by atoms with Gasteiger partial charge < -0.3 is 9.67 Å². The second kappa shape index (κ2) is 3.10. The largest absolute Gasteiger partial charge is 0.477 e. The van der Waals surface area contributed by atoms with Crippen LogP contribution in [0.1, 0.15) is 10.4 Å². The van der Waals surface area contributed by atoms with Gasteiger partial charge in [-0.15, -0.1) is 0 Å². The Labute approximate surface area is 76.6 Å². The lowest BCUT2D eigenvalue weighted by Gasteiger charge is -2.00. The maximum Gasteiger partial charge on any atom is 0.342 e. The van der Waals surface area contributed by atoms with Gasteiger partial charge in [0.05, 0.1) is 0 Å². The predicted molar refractivity (Wildman–Crippen MR) is 46.3 cm³/mol. The Balaban J connectivity index is 3.55. The van der Waals surface area contributed by atoms with Crippen molar-refractivity contribution in [2.45, 2.75) is 0 Å². The van der Waals surface area contributed by atoms with Crippen LogP contribution in [-0.2, 0) is 7.05 Å². The Morgan fingerprint density at radius 2 is 2.25 bits per heavy atom. The molecule has 1 aromatic rings. The first-order valence-corrected chi connectivity index (χ1v) is 3.91. The number of hydrogen-bond acceptors (Lipinski definition) is 2. The molecule has 5 heteroatoms. The third-order valence-corrected chi connectivity index (χ3v) is 2.09. The third-order valence-electron chi connectivity index (χ3n) is 1.43. The van der Waals surface area contributed by atoms with Gasteiger partial charge in [0.25, 0.3) is 5.56 Å². The molecule has 0 spiro atoms. The molecule has 0 fully saturated rings. The van der Waals surface area contributed by atoms with E-state index in [1.807, 2.05) is 0 Å². The van der Waals surface area contributed by atoms with Gasteiger partial charge in [-0.1, -0.05) is 0 Å². The predicted octanol–water partition coefficient (Wildman–Crippen LogP) is 0.846. The molecular formula is C7H6BrNO3. The van der Waals surface area contributed by atoms with Gasteiger partial charge in [0.15, 0.2) is 0 Å². The van der Waals surface area contributed by atoms with E-state index in [1.165, 1.54) is 23.9 Å². The van der Waals surface area contributed by atoms with Gasteiger partial charge in [-0.05, 0) is 22.0 Å². The van der Waals surface area contributed by atoms with Crippen LogP contribution < -0.4 is 5.56 Å². The molecule has 0 radical (unpaired) electrons. The van der Waals surface area contributed by atoms with E-state index in [0.717, 1.165) is 0 Å². The van der Waals surface area contributed by atoms with E-state index in [0.29, 0.717) is 4.47 Å². The second-order valence-electron chi connectivity index (χ2n) is 2.26. The summed E-state index contributed by atoms with van der Waals surface area (Å²) >= 11 is 2.99. The summed E-state index contributed by atoms with van der Waals surface area (Å²) in [5.41, 5.74) is -0.753. The molecule has 1 N–H and O–H groups in total.